The van der Waals surface area contributed by atoms with Crippen molar-refractivity contribution in [2.45, 2.75) is 13.5 Å². The van der Waals surface area contributed by atoms with Gasteiger partial charge in [0, 0.05) is 0 Å². The van der Waals surface area contributed by atoms with E-state index < -0.39 is 11.9 Å². The minimum atomic E-state index is -0.863. The summed E-state index contributed by atoms with van der Waals surface area (Å²) in [6, 6.07) is 18.5. The second-order valence-electron chi connectivity index (χ2n) is 7.40. The first-order valence-electron chi connectivity index (χ1n) is 11.1. The van der Waals surface area contributed by atoms with Crippen molar-refractivity contribution in [2.75, 3.05) is 13.7 Å². The Morgan fingerprint density at radius 2 is 1.68 bits per heavy atom. The molecule has 1 aromatic heterocycles. The van der Waals surface area contributed by atoms with Gasteiger partial charge in [-0.15, -0.1) is 0 Å². The fourth-order valence-corrected chi connectivity index (χ4v) is 3.12. The number of nitrogens with zero attached hydrogens (tertiary/aromatic N) is 2. The van der Waals surface area contributed by atoms with Crippen molar-refractivity contribution >= 4 is 24.0 Å². The minimum Gasteiger partial charge on any atom is -0.497 e. The molecule has 2 aromatic carbocycles. The van der Waals surface area contributed by atoms with Gasteiger partial charge in [-0.1, -0.05) is 18.2 Å². The fourth-order valence-electron chi connectivity index (χ4n) is 3.12. The van der Waals surface area contributed by atoms with E-state index in [0.717, 1.165) is 0 Å². The highest BCUT2D eigenvalue weighted by Crippen LogP contribution is 2.30. The lowest BCUT2D eigenvalue weighted by Gasteiger charge is -2.11. The van der Waals surface area contributed by atoms with Crippen LogP contribution < -0.4 is 19.5 Å². The molecule has 0 aliphatic carbocycles. The average Bonchev–Trinajstić information content (AvgIpc) is 3.44. The zero-order chi connectivity index (χ0) is 26.6. The Morgan fingerprint density at radius 1 is 0.973 bits per heavy atom. The number of carbonyl (C=O) groups is 2. The predicted octanol–water partition coefficient (Wildman–Crippen LogP) is 4.42. The Morgan fingerprint density at radius 3 is 2.30 bits per heavy atom. The summed E-state index contributed by atoms with van der Waals surface area (Å²) < 4.78 is 21.3. The van der Waals surface area contributed by atoms with Gasteiger partial charge in [-0.3, -0.25) is 4.79 Å². The van der Waals surface area contributed by atoms with E-state index in [4.69, 9.17) is 18.6 Å². The maximum Gasteiger partial charge on any atom is 0.354 e. The number of benzene rings is 2. The number of rotatable bonds is 10. The normalized spacial score (nSPS) is 11.1. The van der Waals surface area contributed by atoms with E-state index >= 15 is 0 Å². The number of esters is 1. The maximum absolute atomic E-state index is 12.7. The number of ether oxygens (including phenoxy) is 3. The highest BCUT2D eigenvalue weighted by Gasteiger charge is 2.17. The summed E-state index contributed by atoms with van der Waals surface area (Å²) in [5, 5.41) is 21.5. The van der Waals surface area contributed by atoms with Crippen LogP contribution in [0.4, 0.5) is 0 Å². The molecule has 3 rings (SSSR count). The van der Waals surface area contributed by atoms with E-state index in [-0.39, 0.29) is 35.8 Å². The molecule has 0 atom stereocenters. The van der Waals surface area contributed by atoms with E-state index in [1.807, 2.05) is 12.1 Å². The molecule has 0 fully saturated rings. The number of furan rings is 1. The summed E-state index contributed by atoms with van der Waals surface area (Å²) in [7, 11) is 1.54. The first-order chi connectivity index (χ1) is 18.0. The van der Waals surface area contributed by atoms with Crippen molar-refractivity contribution < 1.29 is 28.2 Å². The van der Waals surface area contributed by atoms with E-state index in [0.29, 0.717) is 22.6 Å². The Bertz CT molecular complexity index is 1390. The van der Waals surface area contributed by atoms with Gasteiger partial charge in [0.05, 0.1) is 26.5 Å². The van der Waals surface area contributed by atoms with Crippen LogP contribution in [0.2, 0.25) is 0 Å². The molecule has 1 heterocycles. The Hall–Kier alpha value is -5.28. The van der Waals surface area contributed by atoms with Crippen molar-refractivity contribution in [3.05, 3.63) is 88.9 Å². The molecular formula is C28H23N3O6. The van der Waals surface area contributed by atoms with Gasteiger partial charge in [0.25, 0.3) is 5.91 Å². The smallest absolute Gasteiger partial charge is 0.354 e. The summed E-state index contributed by atoms with van der Waals surface area (Å²) in [6.07, 6.45) is 4.27. The Labute approximate surface area is 213 Å². The summed E-state index contributed by atoms with van der Waals surface area (Å²) in [5.41, 5.74) is 0.751. The second kappa shape index (κ2) is 13.0. The van der Waals surface area contributed by atoms with Gasteiger partial charge in [0.1, 0.15) is 34.8 Å². The topological polar surface area (TPSA) is 135 Å². The van der Waals surface area contributed by atoms with Crippen molar-refractivity contribution in [1.29, 1.82) is 10.5 Å². The summed E-state index contributed by atoms with van der Waals surface area (Å²) >= 11 is 0. The van der Waals surface area contributed by atoms with Crippen molar-refractivity contribution in [3.8, 4) is 29.4 Å². The van der Waals surface area contributed by atoms with Crippen LogP contribution in [0.25, 0.3) is 12.2 Å². The molecule has 37 heavy (non-hydrogen) atoms. The van der Waals surface area contributed by atoms with E-state index in [1.54, 1.807) is 56.5 Å². The first-order valence-corrected chi connectivity index (χ1v) is 11.1. The monoisotopic (exact) mass is 497 g/mol. The van der Waals surface area contributed by atoms with Gasteiger partial charge < -0.3 is 23.9 Å². The maximum atomic E-state index is 12.7. The van der Waals surface area contributed by atoms with E-state index in [1.165, 1.54) is 30.5 Å². The van der Waals surface area contributed by atoms with Crippen LogP contribution >= 0.6 is 0 Å². The molecule has 0 unspecified atom stereocenters. The van der Waals surface area contributed by atoms with Gasteiger partial charge in [-0.25, -0.2) is 4.79 Å². The molecule has 0 radical (unpaired) electrons. The van der Waals surface area contributed by atoms with Gasteiger partial charge in [0.2, 0.25) is 0 Å². The summed E-state index contributed by atoms with van der Waals surface area (Å²) in [4.78, 5) is 25.1. The molecule has 0 saturated carbocycles. The van der Waals surface area contributed by atoms with Gasteiger partial charge in [-0.05, 0) is 66.6 Å². The van der Waals surface area contributed by atoms with Gasteiger partial charge >= 0.3 is 5.97 Å². The SMILES string of the molecule is CCOc1cc(/C=C(\C#N)C(=O)NCc2ccco2)ccc1OC(=O)/C(C#N)=C/c1ccc(OC)cc1. The van der Waals surface area contributed by atoms with E-state index in [2.05, 4.69) is 5.32 Å². The van der Waals surface area contributed by atoms with Crippen LogP contribution in [0.15, 0.2) is 76.4 Å². The first kappa shape index (κ1) is 26.3. The molecule has 0 spiro atoms. The Kier molecular flexibility index (Phi) is 9.24. The summed E-state index contributed by atoms with van der Waals surface area (Å²) in [6.45, 7) is 2.15. The quantitative estimate of drug-likeness (QED) is 0.188. The van der Waals surface area contributed by atoms with Crippen LogP contribution in [-0.4, -0.2) is 25.6 Å². The zero-order valence-electron chi connectivity index (χ0n) is 20.2. The largest absolute Gasteiger partial charge is 0.497 e. The summed E-state index contributed by atoms with van der Waals surface area (Å²) in [5.74, 6) is 0.0454. The fraction of sp³-hybridized carbons (Fsp3) is 0.143. The molecule has 186 valence electrons. The van der Waals surface area contributed by atoms with Gasteiger partial charge in [0.15, 0.2) is 11.5 Å². The number of hydrogen-bond donors (Lipinski definition) is 1. The molecular weight excluding hydrogens is 474 g/mol. The van der Waals surface area contributed by atoms with Crippen LogP contribution in [0, 0.1) is 22.7 Å². The van der Waals surface area contributed by atoms with Crippen LogP contribution in [0.1, 0.15) is 23.8 Å². The zero-order valence-corrected chi connectivity index (χ0v) is 20.2. The molecule has 1 N–H and O–H groups in total. The third kappa shape index (κ3) is 7.35. The molecule has 1 amide bonds. The van der Waals surface area contributed by atoms with Crippen LogP contribution in [0.5, 0.6) is 17.2 Å². The number of hydrogen-bond acceptors (Lipinski definition) is 8. The van der Waals surface area contributed by atoms with Crippen molar-refractivity contribution in [1.82, 2.24) is 5.32 Å². The van der Waals surface area contributed by atoms with Gasteiger partial charge in [-0.2, -0.15) is 10.5 Å². The highest BCUT2D eigenvalue weighted by atomic mass is 16.6. The molecule has 3 aromatic rings. The molecule has 9 nitrogen and oxygen atoms in total. The molecule has 9 heteroatoms. The Balaban J connectivity index is 1.78. The van der Waals surface area contributed by atoms with Crippen LogP contribution in [0.3, 0.4) is 0 Å². The molecule has 0 saturated heterocycles. The number of amides is 1. The lowest BCUT2D eigenvalue weighted by Crippen LogP contribution is -2.23. The average molecular weight is 498 g/mol. The van der Waals surface area contributed by atoms with Crippen molar-refractivity contribution in [3.63, 3.8) is 0 Å². The molecule has 0 aliphatic heterocycles. The third-order valence-electron chi connectivity index (χ3n) is 4.92. The second-order valence-corrected chi connectivity index (χ2v) is 7.40. The highest BCUT2D eigenvalue weighted by molar-refractivity contribution is 6.02. The standard InChI is InChI=1S/C28H23N3O6/c1-3-35-26-15-20(14-21(16-29)27(32)31-18-24-5-4-12-36-24)8-11-25(26)37-28(33)22(17-30)13-19-6-9-23(34-2)10-7-19/h4-15H,3,18H2,1-2H3,(H,31,32)/b21-14+,22-13+. The number of nitriles is 2. The minimum absolute atomic E-state index is 0.0839. The molecule has 0 bridgehead atoms. The number of methoxy groups -OCH3 is 1. The number of nitrogens with one attached hydrogen (secondary N) is 1. The van der Waals surface area contributed by atoms with E-state index in [9.17, 15) is 20.1 Å². The van der Waals surface area contributed by atoms with Crippen molar-refractivity contribution in [2.24, 2.45) is 0 Å². The predicted molar refractivity (Wildman–Crippen MR) is 134 cm³/mol. The third-order valence-corrected chi connectivity index (χ3v) is 4.92. The molecule has 0 aliphatic rings. The lowest BCUT2D eigenvalue weighted by molar-refractivity contribution is -0.129. The number of carbonyl (C=O) groups excluding carboxylic acids is 2. The van der Waals surface area contributed by atoms with Crippen LogP contribution in [-0.2, 0) is 16.1 Å². The lowest BCUT2D eigenvalue weighted by atomic mass is 10.1.